The molecule has 0 bridgehead atoms. The minimum atomic E-state index is -0.791. The average molecular weight is 380 g/mol. The van der Waals surface area contributed by atoms with Crippen LogP contribution in [0.2, 0.25) is 0 Å². The first-order valence-electron chi connectivity index (χ1n) is 8.80. The van der Waals surface area contributed by atoms with Gasteiger partial charge in [0.15, 0.2) is 0 Å². The zero-order chi connectivity index (χ0) is 20.0. The standard InChI is InChI=1S/C19H26F2N4O2/c1-19(2,3)12-27-17(16(11-22)25-6-4-23-5-7-25)18(26)24-15-9-13(20)8-14(21)10-15/h8-11,22-23H,4-7,12H2,1-3H3,(H,24,26)/b17-16-,22-11?. The normalized spacial score (nSPS) is 15.8. The summed E-state index contributed by atoms with van der Waals surface area (Å²) in [5, 5.41) is 13.5. The zero-order valence-electron chi connectivity index (χ0n) is 15.9. The number of benzene rings is 1. The number of allylic oxidation sites excluding steroid dienone is 1. The van der Waals surface area contributed by atoms with E-state index in [1.54, 1.807) is 0 Å². The molecule has 3 N–H and O–H groups in total. The van der Waals surface area contributed by atoms with Crippen LogP contribution in [-0.2, 0) is 9.53 Å². The summed E-state index contributed by atoms with van der Waals surface area (Å²) >= 11 is 0. The van der Waals surface area contributed by atoms with E-state index in [2.05, 4.69) is 10.6 Å². The maximum atomic E-state index is 13.4. The highest BCUT2D eigenvalue weighted by Crippen LogP contribution is 2.21. The SMILES string of the molecule is CC(C)(C)CO/C(C(=O)Nc1cc(F)cc(F)c1)=C(/C=N)N1CCNCC1. The molecule has 148 valence electrons. The van der Waals surface area contributed by atoms with Crippen molar-refractivity contribution in [2.24, 2.45) is 5.41 Å². The van der Waals surface area contributed by atoms with Crippen molar-refractivity contribution in [1.29, 1.82) is 5.41 Å². The molecule has 27 heavy (non-hydrogen) atoms. The second-order valence-corrected chi connectivity index (χ2v) is 7.56. The molecule has 0 unspecified atom stereocenters. The summed E-state index contributed by atoms with van der Waals surface area (Å²) in [5.74, 6) is -2.27. The first kappa shape index (κ1) is 20.8. The number of nitrogens with zero attached hydrogens (tertiary/aromatic N) is 1. The van der Waals surface area contributed by atoms with Gasteiger partial charge in [-0.1, -0.05) is 20.8 Å². The van der Waals surface area contributed by atoms with Crippen molar-refractivity contribution in [3.63, 3.8) is 0 Å². The fraction of sp³-hybridized carbons (Fsp3) is 0.474. The predicted molar refractivity (Wildman–Crippen MR) is 101 cm³/mol. The van der Waals surface area contributed by atoms with Crippen LogP contribution in [0.1, 0.15) is 20.8 Å². The molecule has 1 saturated heterocycles. The fourth-order valence-electron chi connectivity index (χ4n) is 2.56. The quantitative estimate of drug-likeness (QED) is 0.403. The Morgan fingerprint density at radius 3 is 2.37 bits per heavy atom. The topological polar surface area (TPSA) is 77.5 Å². The number of piperazine rings is 1. The van der Waals surface area contributed by atoms with Crippen LogP contribution in [0.25, 0.3) is 0 Å². The van der Waals surface area contributed by atoms with Crippen LogP contribution in [0.3, 0.4) is 0 Å². The summed E-state index contributed by atoms with van der Waals surface area (Å²) in [4.78, 5) is 14.7. The third-order valence-electron chi connectivity index (χ3n) is 3.80. The van der Waals surface area contributed by atoms with Crippen LogP contribution in [0, 0.1) is 22.5 Å². The molecule has 8 heteroatoms. The molecule has 0 aromatic heterocycles. The van der Waals surface area contributed by atoms with Gasteiger partial charge in [0, 0.05) is 44.1 Å². The average Bonchev–Trinajstić information content (AvgIpc) is 2.57. The predicted octanol–water partition coefficient (Wildman–Crippen LogP) is 2.73. The minimum absolute atomic E-state index is 0.0148. The molecule has 0 aliphatic carbocycles. The molecule has 1 heterocycles. The van der Waals surface area contributed by atoms with Crippen LogP contribution in [-0.4, -0.2) is 49.8 Å². The zero-order valence-corrected chi connectivity index (χ0v) is 15.9. The van der Waals surface area contributed by atoms with Gasteiger partial charge in [0.25, 0.3) is 5.91 Å². The summed E-state index contributed by atoms with van der Waals surface area (Å²) < 4.78 is 32.6. The first-order valence-corrected chi connectivity index (χ1v) is 8.80. The summed E-state index contributed by atoms with van der Waals surface area (Å²) in [5.41, 5.74) is 0.113. The second-order valence-electron chi connectivity index (χ2n) is 7.56. The van der Waals surface area contributed by atoms with Crippen molar-refractivity contribution in [3.05, 3.63) is 41.3 Å². The van der Waals surface area contributed by atoms with Gasteiger partial charge in [-0.25, -0.2) is 8.78 Å². The van der Waals surface area contributed by atoms with Gasteiger partial charge >= 0.3 is 0 Å². The number of anilines is 1. The number of rotatable bonds is 6. The molecule has 1 aliphatic heterocycles. The van der Waals surface area contributed by atoms with E-state index < -0.39 is 17.5 Å². The van der Waals surface area contributed by atoms with Crippen molar-refractivity contribution in [2.45, 2.75) is 20.8 Å². The van der Waals surface area contributed by atoms with Crippen molar-refractivity contribution >= 4 is 17.8 Å². The van der Waals surface area contributed by atoms with E-state index in [9.17, 15) is 13.6 Å². The van der Waals surface area contributed by atoms with E-state index in [1.807, 2.05) is 25.7 Å². The highest BCUT2D eigenvalue weighted by molar-refractivity contribution is 6.05. The molecular weight excluding hydrogens is 354 g/mol. The van der Waals surface area contributed by atoms with Gasteiger partial charge in [-0.2, -0.15) is 0 Å². The lowest BCUT2D eigenvalue weighted by Crippen LogP contribution is -2.44. The summed E-state index contributed by atoms with van der Waals surface area (Å²) in [6, 6.07) is 2.78. The van der Waals surface area contributed by atoms with Gasteiger partial charge < -0.3 is 25.7 Å². The molecular formula is C19H26F2N4O2. The van der Waals surface area contributed by atoms with Crippen molar-refractivity contribution in [2.75, 3.05) is 38.1 Å². The Labute approximate surface area is 158 Å². The molecule has 1 aliphatic rings. The van der Waals surface area contributed by atoms with Crippen LogP contribution in [0.5, 0.6) is 0 Å². The number of nitrogens with one attached hydrogen (secondary N) is 3. The molecule has 0 saturated carbocycles. The van der Waals surface area contributed by atoms with E-state index >= 15 is 0 Å². The Morgan fingerprint density at radius 1 is 1.26 bits per heavy atom. The van der Waals surface area contributed by atoms with Crippen molar-refractivity contribution in [1.82, 2.24) is 10.2 Å². The van der Waals surface area contributed by atoms with Crippen LogP contribution in [0.4, 0.5) is 14.5 Å². The third-order valence-corrected chi connectivity index (χ3v) is 3.80. The number of amides is 1. The smallest absolute Gasteiger partial charge is 0.293 e. The van der Waals surface area contributed by atoms with Crippen LogP contribution in [0.15, 0.2) is 29.7 Å². The van der Waals surface area contributed by atoms with E-state index in [1.165, 1.54) is 0 Å². The summed E-state index contributed by atoms with van der Waals surface area (Å²) in [6.07, 6.45) is 1.08. The molecule has 0 atom stereocenters. The monoisotopic (exact) mass is 380 g/mol. The van der Waals surface area contributed by atoms with Gasteiger partial charge in [-0.3, -0.25) is 4.79 Å². The van der Waals surface area contributed by atoms with E-state index in [0.29, 0.717) is 18.8 Å². The highest BCUT2D eigenvalue weighted by atomic mass is 19.1. The first-order chi connectivity index (χ1) is 12.7. The molecule has 2 rings (SSSR count). The van der Waals surface area contributed by atoms with Gasteiger partial charge in [0.2, 0.25) is 5.76 Å². The van der Waals surface area contributed by atoms with Gasteiger partial charge in [0.05, 0.1) is 6.61 Å². The largest absolute Gasteiger partial charge is 0.486 e. The molecule has 1 fully saturated rings. The maximum absolute atomic E-state index is 13.4. The highest BCUT2D eigenvalue weighted by Gasteiger charge is 2.24. The lowest BCUT2D eigenvalue weighted by molar-refractivity contribution is -0.116. The Bertz CT molecular complexity index is 703. The van der Waals surface area contributed by atoms with E-state index in [0.717, 1.165) is 37.5 Å². The molecule has 1 aromatic rings. The van der Waals surface area contributed by atoms with Crippen LogP contribution >= 0.6 is 0 Å². The Kier molecular flexibility index (Phi) is 6.90. The number of carbonyl (C=O) groups is 1. The summed E-state index contributed by atoms with van der Waals surface area (Å²) in [7, 11) is 0. The number of ether oxygens (including phenoxy) is 1. The molecule has 1 aromatic carbocycles. The Balaban J connectivity index is 2.32. The number of hydrogen-bond donors (Lipinski definition) is 3. The second kappa shape index (κ2) is 8.94. The van der Waals surface area contributed by atoms with Crippen LogP contribution < -0.4 is 10.6 Å². The van der Waals surface area contributed by atoms with Crippen molar-refractivity contribution < 1.29 is 18.3 Å². The number of hydrogen-bond acceptors (Lipinski definition) is 5. The summed E-state index contributed by atoms with van der Waals surface area (Å²) in [6.45, 7) is 8.81. The van der Waals surface area contributed by atoms with Gasteiger partial charge in [-0.05, 0) is 17.5 Å². The van der Waals surface area contributed by atoms with E-state index in [-0.39, 0.29) is 23.5 Å². The molecule has 6 nitrogen and oxygen atoms in total. The molecule has 1 amide bonds. The fourth-order valence-corrected chi connectivity index (χ4v) is 2.56. The lowest BCUT2D eigenvalue weighted by Gasteiger charge is -2.31. The Morgan fingerprint density at radius 2 is 1.85 bits per heavy atom. The Hall–Kier alpha value is -2.48. The number of carbonyl (C=O) groups excluding carboxylic acids is 1. The lowest BCUT2D eigenvalue weighted by atomic mass is 9.99. The van der Waals surface area contributed by atoms with Gasteiger partial charge in [-0.15, -0.1) is 0 Å². The number of halogens is 2. The van der Waals surface area contributed by atoms with Crippen molar-refractivity contribution in [3.8, 4) is 0 Å². The molecule has 0 radical (unpaired) electrons. The minimum Gasteiger partial charge on any atom is -0.486 e. The third kappa shape index (κ3) is 6.32. The van der Waals surface area contributed by atoms with Gasteiger partial charge in [0.1, 0.15) is 17.3 Å². The molecule has 0 spiro atoms. The van der Waals surface area contributed by atoms with E-state index in [4.69, 9.17) is 10.1 Å². The maximum Gasteiger partial charge on any atom is 0.293 e.